The molecule has 7 rings (SSSR count). The summed E-state index contributed by atoms with van der Waals surface area (Å²) in [5, 5.41) is 2.75. The summed E-state index contributed by atoms with van der Waals surface area (Å²) in [5.74, 6) is -0.735. The van der Waals surface area contributed by atoms with Gasteiger partial charge in [0.15, 0.2) is 0 Å². The Hall–Kier alpha value is -4.88. The topological polar surface area (TPSA) is 79.0 Å². The number of nitrogens with zero attached hydrogens (tertiary/aromatic N) is 2. The molecule has 3 heterocycles. The van der Waals surface area contributed by atoms with E-state index in [-0.39, 0.29) is 17.4 Å². The van der Waals surface area contributed by atoms with Crippen molar-refractivity contribution < 1.29 is 19.1 Å². The van der Waals surface area contributed by atoms with E-state index >= 15 is 0 Å². The monoisotopic (exact) mass is 617 g/mol. The number of hydrogen-bond donors (Lipinski definition) is 1. The van der Waals surface area contributed by atoms with Gasteiger partial charge in [-0.1, -0.05) is 78.3 Å². The molecule has 7 nitrogen and oxygen atoms in total. The first-order valence-electron chi connectivity index (χ1n) is 15.3. The fourth-order valence-electron chi connectivity index (χ4n) is 6.91. The minimum Gasteiger partial charge on any atom is -0.492 e. The van der Waals surface area contributed by atoms with E-state index in [9.17, 15) is 14.4 Å². The highest BCUT2D eigenvalue weighted by Gasteiger charge is 2.40. The van der Waals surface area contributed by atoms with Crippen LogP contribution in [0, 0.1) is 0 Å². The quantitative estimate of drug-likeness (QED) is 0.182. The molecule has 1 N–H and O–H groups in total. The van der Waals surface area contributed by atoms with E-state index in [0.29, 0.717) is 28.6 Å². The minimum absolute atomic E-state index is 0.0938. The highest BCUT2D eigenvalue weighted by atomic mass is 35.5. The number of hydrogen-bond acceptors (Lipinski definition) is 5. The summed E-state index contributed by atoms with van der Waals surface area (Å²) < 4.78 is 5.52. The van der Waals surface area contributed by atoms with Crippen LogP contribution >= 0.6 is 11.6 Å². The molecule has 8 heteroatoms. The molecule has 226 valence electrons. The number of ether oxygens (including phenoxy) is 1. The Balaban J connectivity index is 1.36. The highest BCUT2D eigenvalue weighted by molar-refractivity contribution is 6.39. The Bertz CT molecular complexity index is 1770. The second kappa shape index (κ2) is 11.9. The van der Waals surface area contributed by atoms with Crippen molar-refractivity contribution in [3.63, 3.8) is 0 Å². The first-order valence-corrected chi connectivity index (χ1v) is 15.7. The first kappa shape index (κ1) is 28.9. The molecule has 45 heavy (non-hydrogen) atoms. The van der Waals surface area contributed by atoms with Gasteiger partial charge in [-0.2, -0.15) is 0 Å². The molecule has 1 fully saturated rings. The van der Waals surface area contributed by atoms with Crippen LogP contribution in [0.2, 0.25) is 5.02 Å². The zero-order valence-electron chi connectivity index (χ0n) is 24.8. The molecule has 4 aromatic carbocycles. The van der Waals surface area contributed by atoms with E-state index < -0.39 is 17.8 Å². The predicted molar refractivity (Wildman–Crippen MR) is 176 cm³/mol. The van der Waals surface area contributed by atoms with Gasteiger partial charge in [0, 0.05) is 30.6 Å². The van der Waals surface area contributed by atoms with Crippen molar-refractivity contribution >= 4 is 46.9 Å². The molecule has 4 aromatic rings. The SMILES string of the molecule is CCOc1ccc(/C=C2\C(=O)NC(=O)N(c3cc4c5c(c3)[C@@H](c3ccccc3)CCN5CC[C@@H]4c3ccccc3)C2=O)cc1Cl. The maximum absolute atomic E-state index is 14.1. The Morgan fingerprint density at radius 2 is 1.44 bits per heavy atom. The van der Waals surface area contributed by atoms with Crippen LogP contribution < -0.4 is 19.9 Å². The first-order chi connectivity index (χ1) is 21.9. The van der Waals surface area contributed by atoms with Crippen LogP contribution in [-0.2, 0) is 9.59 Å². The second-order valence-corrected chi connectivity index (χ2v) is 12.0. The lowest BCUT2D eigenvalue weighted by Gasteiger charge is -2.44. The van der Waals surface area contributed by atoms with Crippen LogP contribution in [0.15, 0.2) is 96.6 Å². The van der Waals surface area contributed by atoms with Crippen molar-refractivity contribution in [1.82, 2.24) is 5.32 Å². The molecular weight excluding hydrogens is 586 g/mol. The zero-order chi connectivity index (χ0) is 31.1. The average molecular weight is 618 g/mol. The molecule has 0 radical (unpaired) electrons. The fourth-order valence-corrected chi connectivity index (χ4v) is 7.15. The number of amides is 4. The molecule has 0 spiro atoms. The summed E-state index contributed by atoms with van der Waals surface area (Å²) in [5.41, 5.74) is 6.57. The number of imide groups is 2. The van der Waals surface area contributed by atoms with Gasteiger partial charge in [-0.15, -0.1) is 0 Å². The van der Waals surface area contributed by atoms with Gasteiger partial charge in [-0.25, -0.2) is 9.69 Å². The van der Waals surface area contributed by atoms with Gasteiger partial charge in [0.2, 0.25) is 0 Å². The number of barbiturate groups is 1. The van der Waals surface area contributed by atoms with E-state index in [0.717, 1.165) is 42.0 Å². The molecule has 0 bridgehead atoms. The molecule has 0 aliphatic carbocycles. The van der Waals surface area contributed by atoms with Crippen molar-refractivity contribution in [2.24, 2.45) is 0 Å². The van der Waals surface area contributed by atoms with Gasteiger partial charge in [-0.3, -0.25) is 14.9 Å². The molecule has 0 unspecified atom stereocenters. The van der Waals surface area contributed by atoms with Gasteiger partial charge in [0.1, 0.15) is 11.3 Å². The van der Waals surface area contributed by atoms with E-state index in [2.05, 4.69) is 34.5 Å². The van der Waals surface area contributed by atoms with Crippen LogP contribution in [-0.4, -0.2) is 37.5 Å². The third-order valence-electron chi connectivity index (χ3n) is 8.93. The van der Waals surface area contributed by atoms with Gasteiger partial charge in [0.25, 0.3) is 11.8 Å². The summed E-state index contributed by atoms with van der Waals surface area (Å²) >= 11 is 6.38. The third-order valence-corrected chi connectivity index (χ3v) is 9.22. The lowest BCUT2D eigenvalue weighted by Crippen LogP contribution is -2.54. The number of rotatable bonds is 6. The Morgan fingerprint density at radius 1 is 0.844 bits per heavy atom. The number of carbonyl (C=O) groups excluding carboxylic acids is 3. The van der Waals surface area contributed by atoms with Crippen molar-refractivity contribution in [2.45, 2.75) is 31.6 Å². The molecule has 1 saturated heterocycles. The Morgan fingerprint density at radius 3 is 2.00 bits per heavy atom. The third kappa shape index (κ3) is 5.27. The van der Waals surface area contributed by atoms with Gasteiger partial charge in [0.05, 0.1) is 17.3 Å². The summed E-state index contributed by atoms with van der Waals surface area (Å²) in [7, 11) is 0. The summed E-state index contributed by atoms with van der Waals surface area (Å²) in [6.07, 6.45) is 3.29. The molecule has 3 aliphatic rings. The Labute approximate surface area is 267 Å². The molecule has 2 atom stereocenters. The van der Waals surface area contributed by atoms with Gasteiger partial charge in [-0.05, 0) is 77.9 Å². The maximum atomic E-state index is 14.1. The number of nitrogens with one attached hydrogen (secondary N) is 1. The smallest absolute Gasteiger partial charge is 0.335 e. The lowest BCUT2D eigenvalue weighted by atomic mass is 9.76. The van der Waals surface area contributed by atoms with Crippen LogP contribution in [0.25, 0.3) is 6.08 Å². The molecule has 0 saturated carbocycles. The van der Waals surface area contributed by atoms with Crippen molar-refractivity contribution in [3.05, 3.63) is 129 Å². The summed E-state index contributed by atoms with van der Waals surface area (Å²) in [6, 6.07) is 28.9. The number of anilines is 2. The normalized spacial score (nSPS) is 20.2. The molecule has 3 aliphatic heterocycles. The minimum atomic E-state index is -0.768. The van der Waals surface area contributed by atoms with Crippen LogP contribution in [0.3, 0.4) is 0 Å². The van der Waals surface area contributed by atoms with Crippen molar-refractivity contribution in [2.75, 3.05) is 29.5 Å². The largest absolute Gasteiger partial charge is 0.492 e. The van der Waals surface area contributed by atoms with Crippen LogP contribution in [0.4, 0.5) is 16.2 Å². The van der Waals surface area contributed by atoms with Crippen LogP contribution in [0.1, 0.15) is 59.4 Å². The second-order valence-electron chi connectivity index (χ2n) is 11.5. The standard InChI is InChI=1S/C37H32ClN3O4/c1-2-45-33-14-13-23(20-32(33)38)19-31-35(42)39-37(44)41(36(31)43)26-21-29-27(24-9-5-3-6-10-24)15-17-40-18-16-28(30(22-26)34(29)40)25-11-7-4-8-12-25/h3-14,19-22,27-28H,2,15-18H2,1H3,(H,39,42,44)/b31-19+/t27-,28-/m1/s1. The molecule has 4 amide bonds. The average Bonchev–Trinajstić information content (AvgIpc) is 3.05. The fraction of sp³-hybridized carbons (Fsp3) is 0.216. The predicted octanol–water partition coefficient (Wildman–Crippen LogP) is 7.28. The summed E-state index contributed by atoms with van der Waals surface area (Å²) in [6.45, 7) is 4.17. The zero-order valence-corrected chi connectivity index (χ0v) is 25.6. The lowest BCUT2D eigenvalue weighted by molar-refractivity contribution is -0.122. The number of carbonyl (C=O) groups is 3. The van der Waals surface area contributed by atoms with Gasteiger partial charge < -0.3 is 9.64 Å². The number of halogens is 1. The Kier molecular flexibility index (Phi) is 7.63. The summed E-state index contributed by atoms with van der Waals surface area (Å²) in [4.78, 5) is 44.0. The molecule has 0 aromatic heterocycles. The highest BCUT2D eigenvalue weighted by Crippen LogP contribution is 2.50. The van der Waals surface area contributed by atoms with Crippen LogP contribution in [0.5, 0.6) is 5.75 Å². The van der Waals surface area contributed by atoms with E-state index in [1.807, 2.05) is 55.5 Å². The van der Waals surface area contributed by atoms with E-state index in [1.54, 1.807) is 18.2 Å². The number of urea groups is 1. The van der Waals surface area contributed by atoms with Gasteiger partial charge >= 0.3 is 6.03 Å². The van der Waals surface area contributed by atoms with E-state index in [4.69, 9.17) is 16.3 Å². The van der Waals surface area contributed by atoms with Crippen molar-refractivity contribution in [1.29, 1.82) is 0 Å². The van der Waals surface area contributed by atoms with Crippen molar-refractivity contribution in [3.8, 4) is 5.75 Å². The number of benzene rings is 4. The van der Waals surface area contributed by atoms with E-state index in [1.165, 1.54) is 22.9 Å². The molecular formula is C37H32ClN3O4. The maximum Gasteiger partial charge on any atom is 0.335 e.